The summed E-state index contributed by atoms with van der Waals surface area (Å²) < 4.78 is 5.75. The minimum Gasteiger partial charge on any atom is -0.493 e. The predicted octanol–water partition coefficient (Wildman–Crippen LogP) is 5.38. The van der Waals surface area contributed by atoms with Gasteiger partial charge in [0.2, 0.25) is 0 Å². The zero-order chi connectivity index (χ0) is 22.0. The minimum atomic E-state index is -0.493. The molecule has 0 aliphatic carbocycles. The number of nitro benzene ring substituents is 1. The van der Waals surface area contributed by atoms with Crippen molar-refractivity contribution in [1.82, 2.24) is 4.90 Å². The van der Waals surface area contributed by atoms with Crippen molar-refractivity contribution in [2.24, 2.45) is 0 Å². The largest absolute Gasteiger partial charge is 0.493 e. The molecule has 0 saturated carbocycles. The highest BCUT2D eigenvalue weighted by Gasteiger charge is 2.35. The van der Waals surface area contributed by atoms with E-state index in [0.717, 1.165) is 33.0 Å². The first kappa shape index (κ1) is 20.6. The Bertz CT molecular complexity index is 1220. The van der Waals surface area contributed by atoms with Crippen LogP contribution in [0, 0.1) is 10.1 Å². The quantitative estimate of drug-likeness (QED) is 0.294. The molecule has 3 aromatic rings. The maximum atomic E-state index is 13.0. The Balaban J connectivity index is 1.66. The fourth-order valence-electron chi connectivity index (χ4n) is 3.38. The fourth-order valence-corrected chi connectivity index (χ4v) is 4.20. The molecular weight excluding hydrogens is 416 g/mol. The van der Waals surface area contributed by atoms with E-state index in [1.54, 1.807) is 18.2 Å². The second-order valence-electron chi connectivity index (χ2n) is 6.82. The molecular formula is C23H18N2O5S. The van der Waals surface area contributed by atoms with Crippen molar-refractivity contribution in [2.45, 2.75) is 13.5 Å². The zero-order valence-corrected chi connectivity index (χ0v) is 17.4. The summed E-state index contributed by atoms with van der Waals surface area (Å²) in [5.74, 6) is 0.243. The van der Waals surface area contributed by atoms with Gasteiger partial charge in [0.05, 0.1) is 23.0 Å². The van der Waals surface area contributed by atoms with Crippen LogP contribution in [0.2, 0.25) is 0 Å². The van der Waals surface area contributed by atoms with Crippen LogP contribution < -0.4 is 4.74 Å². The number of hydrogen-bond donors (Lipinski definition) is 0. The molecule has 0 radical (unpaired) electrons. The Morgan fingerprint density at radius 2 is 1.81 bits per heavy atom. The number of carbonyl (C=O) groups is 2. The summed E-state index contributed by atoms with van der Waals surface area (Å²) in [4.78, 5) is 37.3. The molecule has 0 atom stereocenters. The number of ether oxygens (including phenoxy) is 1. The molecule has 156 valence electrons. The number of benzene rings is 3. The maximum absolute atomic E-state index is 13.0. The van der Waals surface area contributed by atoms with E-state index in [0.29, 0.717) is 22.8 Å². The highest BCUT2D eigenvalue weighted by molar-refractivity contribution is 8.18. The molecule has 7 nitrogen and oxygen atoms in total. The van der Waals surface area contributed by atoms with Crippen molar-refractivity contribution >= 4 is 45.4 Å². The lowest BCUT2D eigenvalue weighted by atomic mass is 10.0. The summed E-state index contributed by atoms with van der Waals surface area (Å²) in [6.45, 7) is 2.41. The molecule has 4 rings (SSSR count). The lowest BCUT2D eigenvalue weighted by Crippen LogP contribution is -2.27. The smallest absolute Gasteiger partial charge is 0.293 e. The van der Waals surface area contributed by atoms with Gasteiger partial charge in [-0.05, 0) is 47.2 Å². The van der Waals surface area contributed by atoms with Gasteiger partial charge in [-0.2, -0.15) is 0 Å². The van der Waals surface area contributed by atoms with Crippen molar-refractivity contribution in [1.29, 1.82) is 0 Å². The first-order valence-corrected chi connectivity index (χ1v) is 10.4. The number of nitro groups is 1. The van der Waals surface area contributed by atoms with Crippen LogP contribution in [0.15, 0.2) is 65.6 Å². The van der Waals surface area contributed by atoms with E-state index in [-0.39, 0.29) is 17.5 Å². The number of nitrogens with zero attached hydrogens (tertiary/aromatic N) is 2. The monoisotopic (exact) mass is 434 g/mol. The first-order valence-electron chi connectivity index (χ1n) is 9.61. The van der Waals surface area contributed by atoms with Gasteiger partial charge in [0, 0.05) is 17.7 Å². The molecule has 0 bridgehead atoms. The Morgan fingerprint density at radius 1 is 1.06 bits per heavy atom. The Labute approximate surface area is 182 Å². The number of hydrogen-bond acceptors (Lipinski definition) is 6. The van der Waals surface area contributed by atoms with Crippen LogP contribution in [0.3, 0.4) is 0 Å². The lowest BCUT2D eigenvalue weighted by Gasteiger charge is -2.13. The first-order chi connectivity index (χ1) is 15.0. The molecule has 0 N–H and O–H groups in total. The third kappa shape index (κ3) is 4.15. The van der Waals surface area contributed by atoms with E-state index in [4.69, 9.17) is 4.74 Å². The molecule has 2 amide bonds. The Hall–Kier alpha value is -3.65. The number of imide groups is 1. The van der Waals surface area contributed by atoms with Crippen LogP contribution in [0.4, 0.5) is 10.5 Å². The minimum absolute atomic E-state index is 0.0443. The van der Waals surface area contributed by atoms with Crippen molar-refractivity contribution in [3.8, 4) is 5.75 Å². The van der Waals surface area contributed by atoms with Gasteiger partial charge in [-0.15, -0.1) is 0 Å². The summed E-state index contributed by atoms with van der Waals surface area (Å²) in [7, 11) is 0. The molecule has 31 heavy (non-hydrogen) atoms. The molecule has 1 aliphatic heterocycles. The highest BCUT2D eigenvalue weighted by Crippen LogP contribution is 2.37. The van der Waals surface area contributed by atoms with Gasteiger partial charge in [-0.25, -0.2) is 0 Å². The standard InChI is InChI=1S/C23H18N2O5S/c1-2-30-20-12-9-16-5-3-4-6-18(16)19(20)13-21-22(26)24(23(27)31-21)14-15-7-10-17(11-8-15)25(28)29/h3-13H,2,14H2,1H3. The Kier molecular flexibility index (Phi) is 5.73. The van der Waals surface area contributed by atoms with E-state index in [1.807, 2.05) is 43.3 Å². The number of fused-ring (bicyclic) bond motifs is 1. The van der Waals surface area contributed by atoms with Crippen molar-refractivity contribution in [3.05, 3.63) is 86.8 Å². The summed E-state index contributed by atoms with van der Waals surface area (Å²) in [6, 6.07) is 17.4. The highest BCUT2D eigenvalue weighted by atomic mass is 32.2. The van der Waals surface area contributed by atoms with Gasteiger partial charge in [-0.1, -0.05) is 42.5 Å². The molecule has 1 fully saturated rings. The number of amides is 2. The second-order valence-corrected chi connectivity index (χ2v) is 7.82. The summed E-state index contributed by atoms with van der Waals surface area (Å²) in [5.41, 5.74) is 1.34. The van der Waals surface area contributed by atoms with Gasteiger partial charge in [-0.3, -0.25) is 24.6 Å². The van der Waals surface area contributed by atoms with E-state index < -0.39 is 10.8 Å². The van der Waals surface area contributed by atoms with Gasteiger partial charge < -0.3 is 4.74 Å². The third-order valence-corrected chi connectivity index (χ3v) is 5.77. The van der Waals surface area contributed by atoms with Crippen LogP contribution in [0.5, 0.6) is 5.75 Å². The van der Waals surface area contributed by atoms with Crippen LogP contribution in [-0.4, -0.2) is 27.6 Å². The van der Waals surface area contributed by atoms with Crippen LogP contribution in [0.1, 0.15) is 18.1 Å². The molecule has 1 aliphatic rings. The third-order valence-electron chi connectivity index (χ3n) is 4.87. The zero-order valence-electron chi connectivity index (χ0n) is 16.6. The summed E-state index contributed by atoms with van der Waals surface area (Å²) >= 11 is 0.874. The van der Waals surface area contributed by atoms with Crippen LogP contribution >= 0.6 is 11.8 Å². The van der Waals surface area contributed by atoms with Crippen molar-refractivity contribution < 1.29 is 19.2 Å². The average Bonchev–Trinajstić information content (AvgIpc) is 3.03. The normalized spacial score (nSPS) is 15.1. The molecule has 0 unspecified atom stereocenters. The number of thioether (sulfide) groups is 1. The van der Waals surface area contributed by atoms with Crippen LogP contribution in [0.25, 0.3) is 16.8 Å². The fraction of sp³-hybridized carbons (Fsp3) is 0.130. The van der Waals surface area contributed by atoms with Gasteiger partial charge in [0.1, 0.15) is 5.75 Å². The van der Waals surface area contributed by atoms with E-state index in [1.165, 1.54) is 12.1 Å². The Morgan fingerprint density at radius 3 is 2.52 bits per heavy atom. The summed E-state index contributed by atoms with van der Waals surface area (Å²) in [6.07, 6.45) is 1.70. The van der Waals surface area contributed by atoms with Gasteiger partial charge >= 0.3 is 0 Å². The van der Waals surface area contributed by atoms with Gasteiger partial charge in [0.25, 0.3) is 16.8 Å². The second kappa shape index (κ2) is 8.61. The summed E-state index contributed by atoms with van der Waals surface area (Å²) in [5, 5.41) is 12.4. The maximum Gasteiger partial charge on any atom is 0.293 e. The van der Waals surface area contributed by atoms with Crippen molar-refractivity contribution in [2.75, 3.05) is 6.61 Å². The average molecular weight is 434 g/mol. The van der Waals surface area contributed by atoms with E-state index in [2.05, 4.69) is 0 Å². The van der Waals surface area contributed by atoms with Crippen LogP contribution in [-0.2, 0) is 11.3 Å². The molecule has 3 aromatic carbocycles. The van der Waals surface area contributed by atoms with E-state index >= 15 is 0 Å². The number of rotatable bonds is 6. The van der Waals surface area contributed by atoms with E-state index in [9.17, 15) is 19.7 Å². The molecule has 1 heterocycles. The molecule has 1 saturated heterocycles. The topological polar surface area (TPSA) is 89.8 Å². The molecule has 0 spiro atoms. The SMILES string of the molecule is CCOc1ccc2ccccc2c1C=C1SC(=O)N(Cc2ccc([N+](=O)[O-])cc2)C1=O. The van der Waals surface area contributed by atoms with Gasteiger partial charge in [0.15, 0.2) is 0 Å². The lowest BCUT2D eigenvalue weighted by molar-refractivity contribution is -0.384. The predicted molar refractivity (Wildman–Crippen MR) is 120 cm³/mol. The number of carbonyl (C=O) groups excluding carboxylic acids is 2. The number of non-ortho nitro benzene ring substituents is 1. The molecule has 0 aromatic heterocycles. The van der Waals surface area contributed by atoms with Crippen molar-refractivity contribution in [3.63, 3.8) is 0 Å². The molecule has 8 heteroatoms.